The fourth-order valence-corrected chi connectivity index (χ4v) is 2.11. The number of carbonyl (C=O) groups excluding carboxylic acids is 1. The minimum atomic E-state index is -1.17. The first-order valence-corrected chi connectivity index (χ1v) is 5.76. The summed E-state index contributed by atoms with van der Waals surface area (Å²) in [7, 11) is 2.04. The Hall–Kier alpha value is -1.39. The van der Waals surface area contributed by atoms with E-state index in [9.17, 15) is 9.90 Å². The van der Waals surface area contributed by atoms with Crippen LogP contribution in [0.3, 0.4) is 0 Å². The van der Waals surface area contributed by atoms with Crippen LogP contribution < -0.4 is 0 Å². The van der Waals surface area contributed by atoms with Crippen molar-refractivity contribution in [1.29, 1.82) is 0 Å². The highest BCUT2D eigenvalue weighted by Crippen LogP contribution is 2.25. The summed E-state index contributed by atoms with van der Waals surface area (Å²) in [6.07, 6.45) is -1.17. The summed E-state index contributed by atoms with van der Waals surface area (Å²) < 4.78 is 4.80. The Morgan fingerprint density at radius 2 is 2.18 bits per heavy atom. The van der Waals surface area contributed by atoms with Gasteiger partial charge in [-0.2, -0.15) is 0 Å². The molecule has 0 bridgehead atoms. The van der Waals surface area contributed by atoms with Crippen LogP contribution in [-0.4, -0.2) is 29.6 Å². The van der Waals surface area contributed by atoms with E-state index in [1.54, 1.807) is 13.0 Å². The molecule has 92 valence electrons. The predicted octanol–water partition coefficient (Wildman–Crippen LogP) is 1.23. The van der Waals surface area contributed by atoms with Crippen molar-refractivity contribution in [3.8, 4) is 0 Å². The lowest BCUT2D eigenvalue weighted by Gasteiger charge is -2.11. The molecule has 1 heterocycles. The van der Waals surface area contributed by atoms with Crippen LogP contribution in [0.5, 0.6) is 0 Å². The van der Waals surface area contributed by atoms with Gasteiger partial charge in [-0.25, -0.2) is 4.79 Å². The second-order valence-electron chi connectivity index (χ2n) is 4.36. The van der Waals surface area contributed by atoms with Gasteiger partial charge in [0.2, 0.25) is 0 Å². The molecule has 1 aromatic carbocycles. The Labute approximate surface area is 101 Å². The molecule has 4 heteroatoms. The van der Waals surface area contributed by atoms with E-state index in [-0.39, 0.29) is 6.61 Å². The van der Waals surface area contributed by atoms with Crippen molar-refractivity contribution in [1.82, 2.24) is 4.90 Å². The summed E-state index contributed by atoms with van der Waals surface area (Å²) in [5, 5.41) is 9.83. The lowest BCUT2D eigenvalue weighted by Crippen LogP contribution is -2.15. The third kappa shape index (κ3) is 2.48. The molecule has 0 aliphatic carbocycles. The van der Waals surface area contributed by atoms with E-state index in [0.717, 1.165) is 13.1 Å². The number of hydrogen-bond acceptors (Lipinski definition) is 4. The van der Waals surface area contributed by atoms with Gasteiger partial charge in [0.25, 0.3) is 0 Å². The zero-order valence-electron chi connectivity index (χ0n) is 10.1. The number of esters is 1. The molecule has 1 atom stereocenters. The van der Waals surface area contributed by atoms with Gasteiger partial charge in [-0.1, -0.05) is 18.2 Å². The van der Waals surface area contributed by atoms with Crippen molar-refractivity contribution < 1.29 is 14.6 Å². The van der Waals surface area contributed by atoms with Gasteiger partial charge in [0.1, 0.15) is 0 Å². The van der Waals surface area contributed by atoms with Crippen LogP contribution >= 0.6 is 0 Å². The number of fused-ring (bicyclic) bond motifs is 1. The Bertz CT molecular complexity index is 431. The number of benzene rings is 1. The van der Waals surface area contributed by atoms with Crippen molar-refractivity contribution >= 4 is 5.97 Å². The molecule has 0 saturated carbocycles. The predicted molar refractivity (Wildman–Crippen MR) is 63.2 cm³/mol. The number of aliphatic hydroxyl groups is 1. The van der Waals surface area contributed by atoms with Crippen molar-refractivity contribution in [2.45, 2.75) is 26.1 Å². The van der Waals surface area contributed by atoms with Gasteiger partial charge in [-0.15, -0.1) is 0 Å². The van der Waals surface area contributed by atoms with Crippen LogP contribution in [0.1, 0.15) is 29.7 Å². The van der Waals surface area contributed by atoms with Gasteiger partial charge in [0.05, 0.1) is 6.61 Å². The number of rotatable bonds is 3. The summed E-state index contributed by atoms with van der Waals surface area (Å²) in [6.45, 7) is 3.79. The van der Waals surface area contributed by atoms with E-state index < -0.39 is 12.1 Å². The zero-order chi connectivity index (χ0) is 12.4. The van der Waals surface area contributed by atoms with Crippen LogP contribution in [-0.2, 0) is 22.6 Å². The third-order valence-corrected chi connectivity index (χ3v) is 2.94. The first-order chi connectivity index (χ1) is 8.11. The summed E-state index contributed by atoms with van der Waals surface area (Å²) in [5.74, 6) is -0.584. The molecule has 0 fully saturated rings. The smallest absolute Gasteiger partial charge is 0.339 e. The summed E-state index contributed by atoms with van der Waals surface area (Å²) in [6, 6.07) is 5.65. The van der Waals surface area contributed by atoms with E-state index in [1.165, 1.54) is 11.1 Å². The molecule has 1 unspecified atom stereocenters. The molecular formula is C13H17NO3. The maximum atomic E-state index is 11.4. The zero-order valence-corrected chi connectivity index (χ0v) is 10.1. The van der Waals surface area contributed by atoms with E-state index in [0.29, 0.717) is 5.56 Å². The molecule has 1 aliphatic rings. The molecule has 1 aliphatic heterocycles. The molecule has 0 spiro atoms. The van der Waals surface area contributed by atoms with Gasteiger partial charge in [0, 0.05) is 13.1 Å². The molecule has 0 radical (unpaired) electrons. The maximum absolute atomic E-state index is 11.4. The topological polar surface area (TPSA) is 49.8 Å². The van der Waals surface area contributed by atoms with Gasteiger partial charge in [-0.05, 0) is 30.7 Å². The van der Waals surface area contributed by atoms with Crippen LogP contribution in [0, 0.1) is 0 Å². The molecule has 0 aromatic heterocycles. The molecule has 1 N–H and O–H groups in total. The summed E-state index contributed by atoms with van der Waals surface area (Å²) >= 11 is 0. The Kier molecular flexibility index (Phi) is 3.45. The van der Waals surface area contributed by atoms with Crippen LogP contribution in [0.4, 0.5) is 0 Å². The van der Waals surface area contributed by atoms with E-state index in [1.807, 2.05) is 19.2 Å². The lowest BCUT2D eigenvalue weighted by atomic mass is 10.0. The monoisotopic (exact) mass is 235 g/mol. The average Bonchev–Trinajstić information content (AvgIpc) is 2.67. The van der Waals surface area contributed by atoms with Crippen molar-refractivity contribution in [2.75, 3.05) is 13.7 Å². The van der Waals surface area contributed by atoms with Gasteiger partial charge in [0.15, 0.2) is 6.10 Å². The fraction of sp³-hybridized carbons (Fsp3) is 0.462. The fourth-order valence-electron chi connectivity index (χ4n) is 2.11. The van der Waals surface area contributed by atoms with Crippen molar-refractivity contribution in [2.24, 2.45) is 0 Å². The number of aliphatic hydroxyl groups excluding tert-OH is 1. The van der Waals surface area contributed by atoms with Crippen LogP contribution in [0.2, 0.25) is 0 Å². The number of nitrogens with zero attached hydrogens (tertiary/aromatic N) is 1. The van der Waals surface area contributed by atoms with E-state index in [4.69, 9.17) is 4.74 Å². The standard InChI is InChI=1S/C13H17NO3/c1-3-17-13(16)12(15)9-4-5-10-7-14(2)8-11(10)6-9/h4-6,12,15H,3,7-8H2,1-2H3. The lowest BCUT2D eigenvalue weighted by molar-refractivity contribution is -0.153. The maximum Gasteiger partial charge on any atom is 0.339 e. The molecule has 1 aromatic rings. The largest absolute Gasteiger partial charge is 0.464 e. The number of hydrogen-bond donors (Lipinski definition) is 1. The minimum absolute atomic E-state index is 0.281. The molecule has 17 heavy (non-hydrogen) atoms. The Morgan fingerprint density at radius 1 is 1.47 bits per heavy atom. The average molecular weight is 235 g/mol. The van der Waals surface area contributed by atoms with Crippen LogP contribution in [0.15, 0.2) is 18.2 Å². The molecular weight excluding hydrogens is 218 g/mol. The second kappa shape index (κ2) is 4.85. The first kappa shape index (κ1) is 12.1. The Morgan fingerprint density at radius 3 is 2.88 bits per heavy atom. The van der Waals surface area contributed by atoms with Gasteiger partial charge in [-0.3, -0.25) is 4.90 Å². The van der Waals surface area contributed by atoms with Crippen LogP contribution in [0.25, 0.3) is 0 Å². The highest BCUT2D eigenvalue weighted by molar-refractivity contribution is 5.76. The number of carbonyl (C=O) groups is 1. The molecule has 0 amide bonds. The highest BCUT2D eigenvalue weighted by atomic mass is 16.5. The minimum Gasteiger partial charge on any atom is -0.464 e. The van der Waals surface area contributed by atoms with E-state index >= 15 is 0 Å². The van der Waals surface area contributed by atoms with Crippen molar-refractivity contribution in [3.05, 3.63) is 34.9 Å². The summed E-state index contributed by atoms with van der Waals surface area (Å²) in [5.41, 5.74) is 3.04. The van der Waals surface area contributed by atoms with Gasteiger partial charge < -0.3 is 9.84 Å². The first-order valence-electron chi connectivity index (χ1n) is 5.76. The molecule has 0 saturated heterocycles. The highest BCUT2D eigenvalue weighted by Gasteiger charge is 2.22. The van der Waals surface area contributed by atoms with E-state index in [2.05, 4.69) is 4.90 Å². The Balaban J connectivity index is 2.18. The quantitative estimate of drug-likeness (QED) is 0.800. The second-order valence-corrected chi connectivity index (χ2v) is 4.36. The normalized spacial score (nSPS) is 16.6. The molecule has 2 rings (SSSR count). The summed E-state index contributed by atoms with van der Waals surface area (Å²) in [4.78, 5) is 13.6. The third-order valence-electron chi connectivity index (χ3n) is 2.94. The van der Waals surface area contributed by atoms with Crippen molar-refractivity contribution in [3.63, 3.8) is 0 Å². The molecule has 4 nitrogen and oxygen atoms in total. The SMILES string of the molecule is CCOC(=O)C(O)c1ccc2c(c1)CN(C)C2. The van der Waals surface area contributed by atoms with Gasteiger partial charge >= 0.3 is 5.97 Å². The number of ether oxygens (including phenoxy) is 1.